The lowest BCUT2D eigenvalue weighted by atomic mass is 10.1. The highest BCUT2D eigenvalue weighted by Crippen LogP contribution is 2.19. The Labute approximate surface area is 88.0 Å². The van der Waals surface area contributed by atoms with Crippen molar-refractivity contribution in [3.05, 3.63) is 34.4 Å². The number of benzene rings is 1. The normalized spacial score (nSPS) is 11.1. The van der Waals surface area contributed by atoms with Gasteiger partial charge < -0.3 is 10.5 Å². The van der Waals surface area contributed by atoms with E-state index in [1.54, 1.807) is 12.1 Å². The van der Waals surface area contributed by atoms with Crippen molar-refractivity contribution < 1.29 is 9.66 Å². The van der Waals surface area contributed by atoms with Gasteiger partial charge in [0.15, 0.2) is 0 Å². The van der Waals surface area contributed by atoms with E-state index >= 15 is 0 Å². The van der Waals surface area contributed by atoms with E-state index < -0.39 is 10.5 Å². The molecule has 0 aliphatic rings. The molecule has 1 aromatic carbocycles. The van der Waals surface area contributed by atoms with Gasteiger partial charge in [0.2, 0.25) is 0 Å². The van der Waals surface area contributed by atoms with Gasteiger partial charge in [0, 0.05) is 11.6 Å². The van der Waals surface area contributed by atoms with Crippen molar-refractivity contribution >= 4 is 5.69 Å². The molecular formula is C10H14N2O3. The van der Waals surface area contributed by atoms with E-state index in [0.29, 0.717) is 12.4 Å². The Morgan fingerprint density at radius 3 is 2.73 bits per heavy atom. The third-order valence-electron chi connectivity index (χ3n) is 1.64. The highest BCUT2D eigenvalue weighted by atomic mass is 16.6. The van der Waals surface area contributed by atoms with Crippen molar-refractivity contribution in [2.45, 2.75) is 19.4 Å². The number of rotatable bonds is 4. The van der Waals surface area contributed by atoms with Crippen molar-refractivity contribution in [2.24, 2.45) is 5.73 Å². The molecule has 15 heavy (non-hydrogen) atoms. The summed E-state index contributed by atoms with van der Waals surface area (Å²) < 4.78 is 5.33. The van der Waals surface area contributed by atoms with Crippen LogP contribution in [0.15, 0.2) is 24.3 Å². The van der Waals surface area contributed by atoms with Gasteiger partial charge in [0.25, 0.3) is 5.69 Å². The van der Waals surface area contributed by atoms with Crippen LogP contribution in [-0.4, -0.2) is 17.1 Å². The van der Waals surface area contributed by atoms with Crippen molar-refractivity contribution in [3.63, 3.8) is 0 Å². The van der Waals surface area contributed by atoms with Crippen molar-refractivity contribution in [3.8, 4) is 5.75 Å². The second-order valence-electron chi connectivity index (χ2n) is 4.03. The number of nitrogens with zero attached hydrogens (tertiary/aromatic N) is 1. The number of nitro benzene ring substituents is 1. The Kier molecular flexibility index (Phi) is 3.26. The molecule has 0 aliphatic heterocycles. The van der Waals surface area contributed by atoms with Crippen LogP contribution in [0.4, 0.5) is 5.69 Å². The summed E-state index contributed by atoms with van der Waals surface area (Å²) in [6.07, 6.45) is 0. The maximum absolute atomic E-state index is 10.5. The molecule has 0 aliphatic carbocycles. The smallest absolute Gasteiger partial charge is 0.273 e. The molecule has 0 fully saturated rings. The average molecular weight is 210 g/mol. The van der Waals surface area contributed by atoms with Gasteiger partial charge in [0.1, 0.15) is 12.4 Å². The maximum Gasteiger partial charge on any atom is 0.273 e. The van der Waals surface area contributed by atoms with E-state index in [-0.39, 0.29) is 5.69 Å². The first-order valence-electron chi connectivity index (χ1n) is 4.55. The minimum Gasteiger partial charge on any atom is -0.491 e. The molecule has 0 unspecified atom stereocenters. The Balaban J connectivity index is 2.70. The zero-order valence-electron chi connectivity index (χ0n) is 8.77. The van der Waals surface area contributed by atoms with Crippen LogP contribution < -0.4 is 10.5 Å². The fourth-order valence-corrected chi connectivity index (χ4v) is 0.956. The first-order valence-corrected chi connectivity index (χ1v) is 4.55. The molecule has 0 atom stereocenters. The number of nitrogens with two attached hydrogens (primary N) is 1. The minimum absolute atomic E-state index is 0.0160. The van der Waals surface area contributed by atoms with Gasteiger partial charge in [-0.2, -0.15) is 0 Å². The van der Waals surface area contributed by atoms with Crippen LogP contribution in [0.3, 0.4) is 0 Å². The van der Waals surface area contributed by atoms with E-state index in [1.807, 2.05) is 13.8 Å². The van der Waals surface area contributed by atoms with Gasteiger partial charge in [-0.25, -0.2) is 0 Å². The van der Waals surface area contributed by atoms with Crippen LogP contribution >= 0.6 is 0 Å². The first-order chi connectivity index (χ1) is 6.88. The van der Waals surface area contributed by atoms with E-state index in [1.165, 1.54) is 12.1 Å². The van der Waals surface area contributed by atoms with Crippen molar-refractivity contribution in [2.75, 3.05) is 6.61 Å². The summed E-state index contributed by atoms with van der Waals surface area (Å²) in [7, 11) is 0. The van der Waals surface area contributed by atoms with Crippen LogP contribution in [0.25, 0.3) is 0 Å². The number of ether oxygens (including phenoxy) is 1. The second-order valence-corrected chi connectivity index (χ2v) is 4.03. The van der Waals surface area contributed by atoms with Crippen molar-refractivity contribution in [1.29, 1.82) is 0 Å². The summed E-state index contributed by atoms with van der Waals surface area (Å²) in [4.78, 5) is 10.0. The summed E-state index contributed by atoms with van der Waals surface area (Å²) in [6.45, 7) is 3.96. The Morgan fingerprint density at radius 2 is 2.20 bits per heavy atom. The molecule has 0 radical (unpaired) electrons. The van der Waals surface area contributed by atoms with Gasteiger partial charge >= 0.3 is 0 Å². The predicted molar refractivity (Wildman–Crippen MR) is 56.9 cm³/mol. The Bertz CT molecular complexity index is 358. The zero-order valence-corrected chi connectivity index (χ0v) is 8.77. The number of nitro groups is 1. The second kappa shape index (κ2) is 4.27. The molecule has 0 aromatic heterocycles. The summed E-state index contributed by atoms with van der Waals surface area (Å²) in [5, 5.41) is 10.5. The molecular weight excluding hydrogens is 196 g/mol. The third-order valence-corrected chi connectivity index (χ3v) is 1.64. The van der Waals surface area contributed by atoms with Crippen LogP contribution in [0.2, 0.25) is 0 Å². The monoisotopic (exact) mass is 210 g/mol. The fourth-order valence-electron chi connectivity index (χ4n) is 0.956. The lowest BCUT2D eigenvalue weighted by molar-refractivity contribution is -0.384. The summed E-state index contributed by atoms with van der Waals surface area (Å²) in [5.41, 5.74) is 5.28. The maximum atomic E-state index is 10.5. The molecule has 82 valence electrons. The highest BCUT2D eigenvalue weighted by Gasteiger charge is 2.12. The van der Waals surface area contributed by atoms with Gasteiger partial charge in [-0.15, -0.1) is 0 Å². The topological polar surface area (TPSA) is 78.4 Å². The average Bonchev–Trinajstić information content (AvgIpc) is 2.14. The number of hydrogen-bond acceptors (Lipinski definition) is 4. The largest absolute Gasteiger partial charge is 0.491 e. The summed E-state index contributed by atoms with van der Waals surface area (Å²) in [6, 6.07) is 6.04. The molecule has 0 spiro atoms. The third kappa shape index (κ3) is 3.95. The molecule has 1 rings (SSSR count). The van der Waals surface area contributed by atoms with E-state index in [9.17, 15) is 10.1 Å². The molecule has 5 nitrogen and oxygen atoms in total. The van der Waals surface area contributed by atoms with E-state index in [2.05, 4.69) is 0 Å². The fraction of sp³-hybridized carbons (Fsp3) is 0.400. The quantitative estimate of drug-likeness (QED) is 0.606. The van der Waals surface area contributed by atoms with Gasteiger partial charge in [-0.3, -0.25) is 10.1 Å². The van der Waals surface area contributed by atoms with Crippen LogP contribution in [0, 0.1) is 10.1 Å². The van der Waals surface area contributed by atoms with Crippen molar-refractivity contribution in [1.82, 2.24) is 0 Å². The van der Waals surface area contributed by atoms with E-state index in [0.717, 1.165) is 0 Å². The molecule has 1 aromatic rings. The number of hydrogen-bond donors (Lipinski definition) is 1. The minimum atomic E-state index is -0.458. The zero-order chi connectivity index (χ0) is 11.5. The lowest BCUT2D eigenvalue weighted by Gasteiger charge is -2.18. The van der Waals surface area contributed by atoms with Crippen LogP contribution in [0.5, 0.6) is 5.75 Å². The summed E-state index contributed by atoms with van der Waals surface area (Å²) in [5.74, 6) is 0.461. The molecule has 0 heterocycles. The highest BCUT2D eigenvalue weighted by molar-refractivity contribution is 5.37. The van der Waals surface area contributed by atoms with E-state index in [4.69, 9.17) is 10.5 Å². The SMILES string of the molecule is CC(C)(N)COc1cccc([N+](=O)[O-])c1. The lowest BCUT2D eigenvalue weighted by Crippen LogP contribution is -2.38. The van der Waals surface area contributed by atoms with Gasteiger partial charge in [-0.1, -0.05) is 6.07 Å². The standard InChI is InChI=1S/C10H14N2O3/c1-10(2,11)7-15-9-5-3-4-8(6-9)12(13)14/h3-6H,7,11H2,1-2H3. The number of non-ortho nitro benzene ring substituents is 1. The molecule has 0 bridgehead atoms. The molecule has 0 saturated heterocycles. The van der Waals surface area contributed by atoms with Crippen LogP contribution in [0.1, 0.15) is 13.8 Å². The Hall–Kier alpha value is -1.62. The van der Waals surface area contributed by atoms with Gasteiger partial charge in [-0.05, 0) is 19.9 Å². The van der Waals surface area contributed by atoms with Crippen LogP contribution in [-0.2, 0) is 0 Å². The molecule has 5 heteroatoms. The Morgan fingerprint density at radius 1 is 1.53 bits per heavy atom. The molecule has 0 saturated carbocycles. The van der Waals surface area contributed by atoms with Gasteiger partial charge in [0.05, 0.1) is 11.0 Å². The first kappa shape index (κ1) is 11.5. The molecule has 2 N–H and O–H groups in total. The molecule has 0 amide bonds. The predicted octanol–water partition coefficient (Wildman–Crippen LogP) is 1.71. The summed E-state index contributed by atoms with van der Waals surface area (Å²) >= 11 is 0.